The maximum atomic E-state index is 13.0. The van der Waals surface area contributed by atoms with Crippen molar-refractivity contribution in [3.05, 3.63) is 75.9 Å². The smallest absolute Gasteiger partial charge is 0.258 e. The number of fused-ring (bicyclic) bond motifs is 1. The highest BCUT2D eigenvalue weighted by Crippen LogP contribution is 2.39. The molecular formula is C21H19N3O2S. The third-order valence-corrected chi connectivity index (χ3v) is 5.78. The maximum Gasteiger partial charge on any atom is 0.258 e. The molecule has 6 heteroatoms. The third-order valence-electron chi connectivity index (χ3n) is 4.58. The summed E-state index contributed by atoms with van der Waals surface area (Å²) in [7, 11) is 0. The van der Waals surface area contributed by atoms with E-state index in [9.17, 15) is 9.59 Å². The van der Waals surface area contributed by atoms with Gasteiger partial charge in [0.2, 0.25) is 0 Å². The van der Waals surface area contributed by atoms with Crippen LogP contribution in [0.4, 0.5) is 10.7 Å². The second-order valence-corrected chi connectivity index (χ2v) is 7.69. The molecule has 0 atom stereocenters. The average Bonchev–Trinajstić information content (AvgIpc) is 3.23. The van der Waals surface area contributed by atoms with Crippen LogP contribution < -0.4 is 10.6 Å². The molecule has 2 aromatic heterocycles. The van der Waals surface area contributed by atoms with E-state index in [1.807, 2.05) is 31.2 Å². The quantitative estimate of drug-likeness (QED) is 0.706. The number of anilines is 2. The topological polar surface area (TPSA) is 71.1 Å². The summed E-state index contributed by atoms with van der Waals surface area (Å²) in [5, 5.41) is 6.50. The van der Waals surface area contributed by atoms with Crippen molar-refractivity contribution in [2.45, 2.75) is 26.2 Å². The number of benzene rings is 1. The zero-order valence-electron chi connectivity index (χ0n) is 14.9. The Balaban J connectivity index is 1.63. The largest absolute Gasteiger partial charge is 0.322 e. The van der Waals surface area contributed by atoms with Gasteiger partial charge in [-0.15, -0.1) is 11.3 Å². The number of amides is 2. The Kier molecular flexibility index (Phi) is 4.73. The number of carbonyl (C=O) groups is 2. The first-order valence-electron chi connectivity index (χ1n) is 8.86. The van der Waals surface area contributed by atoms with E-state index in [0.29, 0.717) is 16.1 Å². The lowest BCUT2D eigenvalue weighted by atomic mass is 10.1. The molecule has 2 N–H and O–H groups in total. The number of carbonyl (C=O) groups excluding carboxylic acids is 2. The predicted octanol–water partition coefficient (Wildman–Crippen LogP) is 4.44. The first-order valence-corrected chi connectivity index (χ1v) is 9.67. The summed E-state index contributed by atoms with van der Waals surface area (Å²) in [6, 6.07) is 11.1. The minimum atomic E-state index is -0.257. The number of pyridine rings is 1. The molecule has 27 heavy (non-hydrogen) atoms. The van der Waals surface area contributed by atoms with E-state index >= 15 is 0 Å². The number of hydrogen-bond acceptors (Lipinski definition) is 4. The van der Waals surface area contributed by atoms with Crippen LogP contribution >= 0.6 is 11.3 Å². The van der Waals surface area contributed by atoms with Crippen molar-refractivity contribution in [1.29, 1.82) is 0 Å². The molecular weight excluding hydrogens is 358 g/mol. The van der Waals surface area contributed by atoms with E-state index < -0.39 is 0 Å². The maximum absolute atomic E-state index is 13.0. The highest BCUT2D eigenvalue weighted by molar-refractivity contribution is 7.17. The van der Waals surface area contributed by atoms with Gasteiger partial charge < -0.3 is 10.6 Å². The van der Waals surface area contributed by atoms with Gasteiger partial charge in [-0.3, -0.25) is 14.6 Å². The van der Waals surface area contributed by atoms with Crippen molar-refractivity contribution in [3.8, 4) is 0 Å². The van der Waals surface area contributed by atoms with Gasteiger partial charge in [0.15, 0.2) is 0 Å². The van der Waals surface area contributed by atoms with Crippen LogP contribution in [-0.2, 0) is 12.8 Å². The normalized spacial score (nSPS) is 12.5. The van der Waals surface area contributed by atoms with Crippen molar-refractivity contribution < 1.29 is 9.59 Å². The van der Waals surface area contributed by atoms with Crippen LogP contribution in [0.15, 0.2) is 48.8 Å². The Morgan fingerprint density at radius 1 is 1.07 bits per heavy atom. The van der Waals surface area contributed by atoms with E-state index in [4.69, 9.17) is 0 Å². The Labute approximate surface area is 161 Å². The molecule has 0 unspecified atom stereocenters. The molecule has 0 fully saturated rings. The summed E-state index contributed by atoms with van der Waals surface area (Å²) >= 11 is 1.50. The Bertz CT molecular complexity index is 1010. The van der Waals surface area contributed by atoms with Crippen molar-refractivity contribution in [3.63, 3.8) is 0 Å². The van der Waals surface area contributed by atoms with Gasteiger partial charge in [0.25, 0.3) is 11.8 Å². The molecule has 0 saturated carbocycles. The number of thiophene rings is 1. The second kappa shape index (κ2) is 7.32. The lowest BCUT2D eigenvalue weighted by molar-refractivity contribution is 0.102. The summed E-state index contributed by atoms with van der Waals surface area (Å²) in [5.74, 6) is -0.436. The van der Waals surface area contributed by atoms with Gasteiger partial charge in [-0.2, -0.15) is 0 Å². The highest BCUT2D eigenvalue weighted by Gasteiger charge is 2.27. The Morgan fingerprint density at radius 2 is 1.96 bits per heavy atom. The van der Waals surface area contributed by atoms with E-state index in [0.717, 1.165) is 36.1 Å². The molecule has 2 amide bonds. The molecule has 0 saturated heterocycles. The SMILES string of the molecule is Cc1cccc(NC(=O)c2c(NC(=O)c3cccnc3)sc3c2CCC3)c1. The summed E-state index contributed by atoms with van der Waals surface area (Å²) in [6.07, 6.45) is 6.00. The monoisotopic (exact) mass is 377 g/mol. The minimum absolute atomic E-state index is 0.179. The Morgan fingerprint density at radius 3 is 2.74 bits per heavy atom. The van der Waals surface area contributed by atoms with Gasteiger partial charge in [-0.1, -0.05) is 12.1 Å². The first kappa shape index (κ1) is 17.4. The molecule has 136 valence electrons. The highest BCUT2D eigenvalue weighted by atomic mass is 32.1. The van der Waals surface area contributed by atoms with Crippen LogP contribution in [0.1, 0.15) is 43.1 Å². The van der Waals surface area contributed by atoms with Gasteiger partial charge >= 0.3 is 0 Å². The summed E-state index contributed by atoms with van der Waals surface area (Å²) in [5.41, 5.74) is 3.95. The zero-order valence-corrected chi connectivity index (χ0v) is 15.7. The number of hydrogen-bond donors (Lipinski definition) is 2. The number of nitrogens with one attached hydrogen (secondary N) is 2. The van der Waals surface area contributed by atoms with Crippen LogP contribution in [0.25, 0.3) is 0 Å². The lowest BCUT2D eigenvalue weighted by Gasteiger charge is -2.10. The van der Waals surface area contributed by atoms with Crippen LogP contribution in [0, 0.1) is 6.92 Å². The van der Waals surface area contributed by atoms with Crippen molar-refractivity contribution >= 4 is 33.8 Å². The summed E-state index contributed by atoms with van der Waals surface area (Å²) in [6.45, 7) is 1.98. The fraction of sp³-hybridized carbons (Fsp3) is 0.190. The molecule has 0 spiro atoms. The van der Waals surface area contributed by atoms with E-state index in [2.05, 4.69) is 15.6 Å². The van der Waals surface area contributed by atoms with E-state index in [1.54, 1.807) is 18.3 Å². The van der Waals surface area contributed by atoms with Crippen LogP contribution in [0.2, 0.25) is 0 Å². The van der Waals surface area contributed by atoms with Crippen LogP contribution in [-0.4, -0.2) is 16.8 Å². The van der Waals surface area contributed by atoms with Gasteiger partial charge in [0.05, 0.1) is 11.1 Å². The molecule has 1 aliphatic carbocycles. The van der Waals surface area contributed by atoms with E-state index in [1.165, 1.54) is 22.4 Å². The fourth-order valence-corrected chi connectivity index (χ4v) is 4.60. The molecule has 4 rings (SSSR count). The second-order valence-electron chi connectivity index (χ2n) is 6.58. The molecule has 2 heterocycles. The zero-order chi connectivity index (χ0) is 18.8. The number of aryl methyl sites for hydroxylation is 2. The van der Waals surface area contributed by atoms with Crippen molar-refractivity contribution in [2.75, 3.05) is 10.6 Å². The fourth-order valence-electron chi connectivity index (χ4n) is 3.32. The molecule has 0 radical (unpaired) electrons. The molecule has 1 aliphatic rings. The van der Waals surface area contributed by atoms with Gasteiger partial charge in [-0.05, 0) is 61.6 Å². The standard InChI is InChI=1S/C21H19N3O2S/c1-13-5-2-7-15(11-13)23-20(26)18-16-8-3-9-17(16)27-21(18)24-19(25)14-6-4-10-22-12-14/h2,4-7,10-12H,3,8-9H2,1H3,(H,23,26)(H,24,25). The predicted molar refractivity (Wildman–Crippen MR) is 108 cm³/mol. The van der Waals surface area contributed by atoms with Crippen LogP contribution in [0.3, 0.4) is 0 Å². The average molecular weight is 377 g/mol. The minimum Gasteiger partial charge on any atom is -0.322 e. The van der Waals surface area contributed by atoms with Gasteiger partial charge in [0, 0.05) is 23.0 Å². The van der Waals surface area contributed by atoms with Crippen LogP contribution in [0.5, 0.6) is 0 Å². The lowest BCUT2D eigenvalue weighted by Crippen LogP contribution is -2.18. The Hall–Kier alpha value is -2.99. The van der Waals surface area contributed by atoms with Crippen molar-refractivity contribution in [1.82, 2.24) is 4.98 Å². The first-order chi connectivity index (χ1) is 13.1. The number of rotatable bonds is 4. The third kappa shape index (κ3) is 3.61. The molecule has 0 aliphatic heterocycles. The molecule has 3 aromatic rings. The summed E-state index contributed by atoms with van der Waals surface area (Å²) in [4.78, 5) is 30.7. The molecule has 1 aromatic carbocycles. The summed E-state index contributed by atoms with van der Waals surface area (Å²) < 4.78 is 0. The molecule has 5 nitrogen and oxygen atoms in total. The number of aromatic nitrogens is 1. The molecule has 0 bridgehead atoms. The van der Waals surface area contributed by atoms with E-state index in [-0.39, 0.29) is 11.8 Å². The van der Waals surface area contributed by atoms with Gasteiger partial charge in [0.1, 0.15) is 5.00 Å². The van der Waals surface area contributed by atoms with Crippen molar-refractivity contribution in [2.24, 2.45) is 0 Å². The van der Waals surface area contributed by atoms with Gasteiger partial charge in [-0.25, -0.2) is 0 Å². The number of nitrogens with zero attached hydrogens (tertiary/aromatic N) is 1.